The Morgan fingerprint density at radius 2 is 1.86 bits per heavy atom. The maximum atomic E-state index is 4.84. The van der Waals surface area contributed by atoms with Crippen LogP contribution in [0.1, 0.15) is 23.2 Å². The van der Waals surface area contributed by atoms with Gasteiger partial charge in [-0.1, -0.05) is 30.3 Å². The number of hydrogen-bond donors (Lipinski definition) is 1. The summed E-state index contributed by atoms with van der Waals surface area (Å²) in [5.74, 6) is 0. The fourth-order valence-corrected chi connectivity index (χ4v) is 3.22. The van der Waals surface area contributed by atoms with Crippen molar-refractivity contribution in [2.75, 3.05) is 5.32 Å². The van der Waals surface area contributed by atoms with Crippen LogP contribution in [0.15, 0.2) is 48.5 Å². The number of hydrogen-bond acceptors (Lipinski definition) is 2. The van der Waals surface area contributed by atoms with E-state index in [1.54, 1.807) is 0 Å². The van der Waals surface area contributed by atoms with Gasteiger partial charge in [0.15, 0.2) is 0 Å². The van der Waals surface area contributed by atoms with E-state index in [9.17, 15) is 0 Å². The van der Waals surface area contributed by atoms with Crippen LogP contribution in [0.5, 0.6) is 0 Å². The number of pyridine rings is 1. The molecule has 0 unspecified atom stereocenters. The summed E-state index contributed by atoms with van der Waals surface area (Å²) in [6.45, 7) is 2.13. The molecule has 0 atom stereocenters. The van der Waals surface area contributed by atoms with Crippen molar-refractivity contribution >= 4 is 22.3 Å². The van der Waals surface area contributed by atoms with Crippen molar-refractivity contribution in [2.45, 2.75) is 26.2 Å². The smallest absolute Gasteiger partial charge is 0.0726 e. The normalized spacial score (nSPS) is 12.8. The molecule has 0 spiro atoms. The highest BCUT2D eigenvalue weighted by atomic mass is 35.5. The third-order valence-electron chi connectivity index (χ3n) is 4.21. The first-order valence-electron chi connectivity index (χ1n) is 7.55. The number of aromatic nitrogens is 1. The summed E-state index contributed by atoms with van der Waals surface area (Å²) < 4.78 is 0. The van der Waals surface area contributed by atoms with E-state index in [2.05, 4.69) is 60.8 Å². The van der Waals surface area contributed by atoms with Gasteiger partial charge in [-0.25, -0.2) is 0 Å². The van der Waals surface area contributed by atoms with Gasteiger partial charge in [-0.2, -0.15) is 0 Å². The number of fused-ring (bicyclic) bond motifs is 2. The van der Waals surface area contributed by atoms with Crippen LogP contribution < -0.4 is 17.7 Å². The number of rotatable bonds is 2. The Kier molecular flexibility index (Phi) is 4.04. The van der Waals surface area contributed by atoms with E-state index in [0.717, 1.165) is 24.0 Å². The van der Waals surface area contributed by atoms with Gasteiger partial charge < -0.3 is 17.7 Å². The standard InChI is InChI=1S/C19H18N2.ClH/c1-13-6-4-7-14(12-13)20-19-15-8-2-3-10-17(15)21-18-11-5-9-16(18)19;/h2-4,6-8,10,12H,5,9,11H2,1H3,(H,20,21);1H/p-1. The molecule has 3 aromatic rings. The van der Waals surface area contributed by atoms with Gasteiger partial charge in [0.1, 0.15) is 0 Å². The zero-order valence-electron chi connectivity index (χ0n) is 12.6. The number of aryl methyl sites for hydroxylation is 2. The fourth-order valence-electron chi connectivity index (χ4n) is 3.22. The summed E-state index contributed by atoms with van der Waals surface area (Å²) in [5.41, 5.74) is 7.43. The van der Waals surface area contributed by atoms with Crippen LogP contribution in [0.25, 0.3) is 10.9 Å². The molecule has 1 aromatic heterocycles. The van der Waals surface area contributed by atoms with E-state index in [0.29, 0.717) is 0 Å². The molecule has 0 fully saturated rings. The van der Waals surface area contributed by atoms with E-state index < -0.39 is 0 Å². The molecule has 1 N–H and O–H groups in total. The molecule has 3 heteroatoms. The largest absolute Gasteiger partial charge is 1.00 e. The Labute approximate surface area is 137 Å². The zero-order chi connectivity index (χ0) is 14.2. The molecule has 0 aliphatic heterocycles. The molecule has 0 radical (unpaired) electrons. The summed E-state index contributed by atoms with van der Waals surface area (Å²) in [6.07, 6.45) is 3.44. The van der Waals surface area contributed by atoms with E-state index in [-0.39, 0.29) is 12.4 Å². The third kappa shape index (κ3) is 2.55. The fraction of sp³-hybridized carbons (Fsp3) is 0.211. The van der Waals surface area contributed by atoms with Crippen molar-refractivity contribution in [3.8, 4) is 0 Å². The average molecular weight is 310 g/mol. The quantitative estimate of drug-likeness (QED) is 0.780. The molecule has 4 rings (SSSR count). The number of para-hydroxylation sites is 1. The minimum absolute atomic E-state index is 0. The molecule has 0 amide bonds. The van der Waals surface area contributed by atoms with Crippen molar-refractivity contribution in [3.05, 3.63) is 65.4 Å². The molecule has 112 valence electrons. The minimum Gasteiger partial charge on any atom is -1.00 e. The molecule has 1 aliphatic carbocycles. The van der Waals surface area contributed by atoms with Gasteiger partial charge in [-0.15, -0.1) is 0 Å². The summed E-state index contributed by atoms with van der Waals surface area (Å²) in [5, 5.41) is 4.87. The second-order valence-corrected chi connectivity index (χ2v) is 5.78. The monoisotopic (exact) mass is 309 g/mol. The summed E-state index contributed by atoms with van der Waals surface area (Å²) in [4.78, 5) is 4.84. The number of halogens is 1. The Hall–Kier alpha value is -2.06. The number of nitrogens with one attached hydrogen (secondary N) is 1. The molecule has 2 aromatic carbocycles. The second kappa shape index (κ2) is 5.98. The van der Waals surface area contributed by atoms with E-state index in [4.69, 9.17) is 4.98 Å². The van der Waals surface area contributed by atoms with Gasteiger partial charge in [0.2, 0.25) is 0 Å². The average Bonchev–Trinajstić information content (AvgIpc) is 2.95. The van der Waals surface area contributed by atoms with Gasteiger partial charge in [0, 0.05) is 16.8 Å². The maximum Gasteiger partial charge on any atom is 0.0726 e. The van der Waals surface area contributed by atoms with Crippen LogP contribution in [-0.4, -0.2) is 4.98 Å². The Morgan fingerprint density at radius 3 is 2.73 bits per heavy atom. The Balaban J connectivity index is 0.00000144. The summed E-state index contributed by atoms with van der Waals surface area (Å²) >= 11 is 0. The molecule has 0 bridgehead atoms. The molecule has 0 saturated carbocycles. The lowest BCUT2D eigenvalue weighted by molar-refractivity contribution is -0.00000426. The highest BCUT2D eigenvalue weighted by molar-refractivity contribution is 5.95. The lowest BCUT2D eigenvalue weighted by Gasteiger charge is -2.15. The lowest BCUT2D eigenvalue weighted by atomic mass is 10.1. The molecule has 0 saturated heterocycles. The van der Waals surface area contributed by atoms with Gasteiger partial charge in [-0.3, -0.25) is 4.98 Å². The van der Waals surface area contributed by atoms with E-state index in [1.807, 2.05) is 0 Å². The lowest BCUT2D eigenvalue weighted by Crippen LogP contribution is -3.00. The van der Waals surface area contributed by atoms with Crippen LogP contribution in [0, 0.1) is 6.92 Å². The van der Waals surface area contributed by atoms with Crippen molar-refractivity contribution in [1.29, 1.82) is 0 Å². The summed E-state index contributed by atoms with van der Waals surface area (Å²) in [7, 11) is 0. The van der Waals surface area contributed by atoms with E-state index >= 15 is 0 Å². The van der Waals surface area contributed by atoms with Gasteiger partial charge in [0.25, 0.3) is 0 Å². The molecule has 22 heavy (non-hydrogen) atoms. The van der Waals surface area contributed by atoms with Crippen LogP contribution >= 0.6 is 0 Å². The van der Waals surface area contributed by atoms with Gasteiger partial charge >= 0.3 is 0 Å². The van der Waals surface area contributed by atoms with Crippen LogP contribution in [0.3, 0.4) is 0 Å². The summed E-state index contributed by atoms with van der Waals surface area (Å²) in [6, 6.07) is 17.0. The molecule has 1 heterocycles. The van der Waals surface area contributed by atoms with Crippen molar-refractivity contribution in [2.24, 2.45) is 0 Å². The predicted octanol–water partition coefficient (Wildman–Crippen LogP) is 1.78. The topological polar surface area (TPSA) is 24.9 Å². The number of anilines is 2. The van der Waals surface area contributed by atoms with Gasteiger partial charge in [-0.05, 0) is 55.5 Å². The molecular formula is C19H18ClN2-. The number of nitrogens with zero attached hydrogens (tertiary/aromatic N) is 1. The van der Waals surface area contributed by atoms with Crippen LogP contribution in [0.2, 0.25) is 0 Å². The maximum absolute atomic E-state index is 4.84. The highest BCUT2D eigenvalue weighted by Gasteiger charge is 2.19. The first kappa shape index (κ1) is 14.9. The van der Waals surface area contributed by atoms with Crippen molar-refractivity contribution in [1.82, 2.24) is 4.98 Å². The zero-order valence-corrected chi connectivity index (χ0v) is 13.3. The Bertz CT molecular complexity index is 827. The van der Waals surface area contributed by atoms with Gasteiger partial charge in [0.05, 0.1) is 11.2 Å². The molecule has 1 aliphatic rings. The molecular weight excluding hydrogens is 292 g/mol. The Morgan fingerprint density at radius 1 is 1.00 bits per heavy atom. The van der Waals surface area contributed by atoms with Crippen molar-refractivity contribution in [3.63, 3.8) is 0 Å². The molecule has 2 nitrogen and oxygen atoms in total. The van der Waals surface area contributed by atoms with E-state index in [1.165, 1.54) is 34.3 Å². The minimum atomic E-state index is 0. The van der Waals surface area contributed by atoms with Crippen LogP contribution in [-0.2, 0) is 12.8 Å². The SMILES string of the molecule is Cc1cccc(Nc2c3c(nc4ccccc24)CCC3)c1.[Cl-]. The van der Waals surface area contributed by atoms with Crippen LogP contribution in [0.4, 0.5) is 11.4 Å². The predicted molar refractivity (Wildman–Crippen MR) is 88.2 cm³/mol. The number of benzene rings is 2. The van der Waals surface area contributed by atoms with Crippen molar-refractivity contribution < 1.29 is 12.4 Å². The first-order valence-corrected chi connectivity index (χ1v) is 7.55. The third-order valence-corrected chi connectivity index (χ3v) is 4.21. The first-order chi connectivity index (χ1) is 10.3. The highest BCUT2D eigenvalue weighted by Crippen LogP contribution is 2.35. The second-order valence-electron chi connectivity index (χ2n) is 5.78.